The van der Waals surface area contributed by atoms with Crippen LogP contribution in [0.25, 0.3) is 10.8 Å². The molecular formula is C16H18BrNO2. The summed E-state index contributed by atoms with van der Waals surface area (Å²) in [6, 6.07) is 11.7. The molecule has 0 atom stereocenters. The molecule has 3 nitrogen and oxygen atoms in total. The van der Waals surface area contributed by atoms with Gasteiger partial charge in [-0.1, -0.05) is 40.2 Å². The van der Waals surface area contributed by atoms with Crippen molar-refractivity contribution in [1.82, 2.24) is 0 Å². The molecule has 106 valence electrons. The smallest absolute Gasteiger partial charge is 0.240 e. The van der Waals surface area contributed by atoms with Gasteiger partial charge in [0.15, 0.2) is 0 Å². The average Bonchev–Trinajstić information content (AvgIpc) is 2.40. The van der Waals surface area contributed by atoms with E-state index in [2.05, 4.69) is 21.2 Å². The highest BCUT2D eigenvalue weighted by Crippen LogP contribution is 2.32. The Bertz CT molecular complexity index is 632. The summed E-state index contributed by atoms with van der Waals surface area (Å²) in [6.07, 6.45) is 0. The first-order chi connectivity index (χ1) is 9.43. The molecule has 0 aliphatic heterocycles. The van der Waals surface area contributed by atoms with Gasteiger partial charge in [0.2, 0.25) is 5.91 Å². The van der Waals surface area contributed by atoms with E-state index < -0.39 is 4.32 Å². The van der Waals surface area contributed by atoms with Crippen LogP contribution < -0.4 is 10.1 Å². The Morgan fingerprint density at radius 2 is 1.85 bits per heavy atom. The molecule has 2 rings (SSSR count). The standard InChI is InChI=1S/C16H18BrNO2/c1-4-20-14-10-9-13(18-15(19)16(2,3)17)11-7-5-6-8-12(11)14/h5-10H,4H2,1-3H3,(H,18,19). The van der Waals surface area contributed by atoms with E-state index in [1.165, 1.54) is 0 Å². The number of anilines is 1. The van der Waals surface area contributed by atoms with E-state index >= 15 is 0 Å². The maximum Gasteiger partial charge on any atom is 0.240 e. The van der Waals surface area contributed by atoms with E-state index in [9.17, 15) is 4.79 Å². The molecule has 0 radical (unpaired) electrons. The van der Waals surface area contributed by atoms with Gasteiger partial charge in [-0.2, -0.15) is 0 Å². The van der Waals surface area contributed by atoms with Crippen LogP contribution >= 0.6 is 15.9 Å². The Labute approximate surface area is 127 Å². The molecule has 0 saturated heterocycles. The van der Waals surface area contributed by atoms with Crippen LogP contribution in [0.3, 0.4) is 0 Å². The third-order valence-corrected chi connectivity index (χ3v) is 3.33. The van der Waals surface area contributed by atoms with Crippen molar-refractivity contribution in [3.05, 3.63) is 36.4 Å². The molecule has 0 spiro atoms. The van der Waals surface area contributed by atoms with Gasteiger partial charge in [0.05, 0.1) is 10.9 Å². The van der Waals surface area contributed by atoms with Crippen LogP contribution in [0.15, 0.2) is 36.4 Å². The highest BCUT2D eigenvalue weighted by molar-refractivity contribution is 9.10. The third-order valence-electron chi connectivity index (χ3n) is 2.97. The normalized spacial score (nSPS) is 11.4. The minimum absolute atomic E-state index is 0.0770. The van der Waals surface area contributed by atoms with Crippen molar-refractivity contribution in [1.29, 1.82) is 0 Å². The van der Waals surface area contributed by atoms with Gasteiger partial charge in [0.1, 0.15) is 5.75 Å². The number of rotatable bonds is 4. The van der Waals surface area contributed by atoms with Gasteiger partial charge in [-0.15, -0.1) is 0 Å². The zero-order valence-electron chi connectivity index (χ0n) is 11.9. The number of fused-ring (bicyclic) bond motifs is 1. The summed E-state index contributed by atoms with van der Waals surface area (Å²) < 4.78 is 5.02. The summed E-state index contributed by atoms with van der Waals surface area (Å²) in [5, 5.41) is 4.93. The van der Waals surface area contributed by atoms with Gasteiger partial charge in [-0.05, 0) is 32.9 Å². The molecule has 2 aromatic rings. The lowest BCUT2D eigenvalue weighted by atomic mass is 10.1. The zero-order chi connectivity index (χ0) is 14.8. The molecule has 1 amide bonds. The largest absolute Gasteiger partial charge is 0.493 e. The van der Waals surface area contributed by atoms with Crippen molar-refractivity contribution >= 4 is 38.3 Å². The molecular weight excluding hydrogens is 318 g/mol. The maximum absolute atomic E-state index is 12.1. The predicted molar refractivity (Wildman–Crippen MR) is 86.8 cm³/mol. The number of alkyl halides is 1. The summed E-state index contributed by atoms with van der Waals surface area (Å²) in [7, 11) is 0. The van der Waals surface area contributed by atoms with Gasteiger partial charge in [-0.25, -0.2) is 0 Å². The number of hydrogen-bond acceptors (Lipinski definition) is 2. The molecule has 0 aliphatic rings. The molecule has 0 saturated carbocycles. The average molecular weight is 336 g/mol. The van der Waals surface area contributed by atoms with Crippen molar-refractivity contribution in [2.45, 2.75) is 25.1 Å². The van der Waals surface area contributed by atoms with Gasteiger partial charge < -0.3 is 10.1 Å². The highest BCUT2D eigenvalue weighted by atomic mass is 79.9. The van der Waals surface area contributed by atoms with Crippen molar-refractivity contribution < 1.29 is 9.53 Å². The number of hydrogen-bond donors (Lipinski definition) is 1. The molecule has 4 heteroatoms. The maximum atomic E-state index is 12.1. The van der Waals surface area contributed by atoms with Crippen LogP contribution in [0, 0.1) is 0 Å². The van der Waals surface area contributed by atoms with E-state index in [4.69, 9.17) is 4.74 Å². The van der Waals surface area contributed by atoms with Gasteiger partial charge in [0.25, 0.3) is 0 Å². The molecule has 0 bridgehead atoms. The van der Waals surface area contributed by atoms with E-state index in [1.54, 1.807) is 0 Å². The second-order valence-electron chi connectivity index (χ2n) is 5.02. The number of ether oxygens (including phenoxy) is 1. The summed E-state index contributed by atoms with van der Waals surface area (Å²) in [5.74, 6) is 0.756. The fourth-order valence-corrected chi connectivity index (χ4v) is 2.03. The van der Waals surface area contributed by atoms with E-state index in [0.29, 0.717) is 6.61 Å². The molecule has 2 aromatic carbocycles. The fraction of sp³-hybridized carbons (Fsp3) is 0.312. The summed E-state index contributed by atoms with van der Waals surface area (Å²) in [5.41, 5.74) is 0.793. The highest BCUT2D eigenvalue weighted by Gasteiger charge is 2.24. The van der Waals surface area contributed by atoms with Crippen LogP contribution in [0.4, 0.5) is 5.69 Å². The van der Waals surface area contributed by atoms with Gasteiger partial charge >= 0.3 is 0 Å². The number of halogens is 1. The molecule has 0 fully saturated rings. The van der Waals surface area contributed by atoms with Crippen molar-refractivity contribution in [3.8, 4) is 5.75 Å². The zero-order valence-corrected chi connectivity index (χ0v) is 13.5. The van der Waals surface area contributed by atoms with Crippen molar-refractivity contribution in [3.63, 3.8) is 0 Å². The monoisotopic (exact) mass is 335 g/mol. The molecule has 0 heterocycles. The number of benzene rings is 2. The topological polar surface area (TPSA) is 38.3 Å². The van der Waals surface area contributed by atoms with Crippen molar-refractivity contribution in [2.75, 3.05) is 11.9 Å². The Kier molecular flexibility index (Phi) is 4.33. The summed E-state index contributed by atoms with van der Waals surface area (Å²) in [6.45, 7) is 6.21. The molecule has 0 unspecified atom stereocenters. The van der Waals surface area contributed by atoms with E-state index in [1.807, 2.05) is 57.2 Å². The SMILES string of the molecule is CCOc1ccc(NC(=O)C(C)(C)Br)c2ccccc12. The van der Waals surface area contributed by atoms with Crippen LogP contribution in [-0.2, 0) is 4.79 Å². The lowest BCUT2D eigenvalue weighted by Gasteiger charge is -2.18. The second kappa shape index (κ2) is 5.83. The molecule has 20 heavy (non-hydrogen) atoms. The number of carbonyl (C=O) groups is 1. The first kappa shape index (κ1) is 14.9. The first-order valence-electron chi connectivity index (χ1n) is 6.58. The minimum atomic E-state index is -0.604. The lowest BCUT2D eigenvalue weighted by molar-refractivity contribution is -0.117. The first-order valence-corrected chi connectivity index (χ1v) is 7.37. The number of amides is 1. The van der Waals surface area contributed by atoms with Crippen LogP contribution in [0.2, 0.25) is 0 Å². The fourth-order valence-electron chi connectivity index (χ4n) is 1.93. The quantitative estimate of drug-likeness (QED) is 0.843. The minimum Gasteiger partial charge on any atom is -0.493 e. The van der Waals surface area contributed by atoms with Gasteiger partial charge in [0, 0.05) is 16.5 Å². The Morgan fingerprint density at radius 3 is 2.45 bits per heavy atom. The number of nitrogens with one attached hydrogen (secondary N) is 1. The predicted octanol–water partition coefficient (Wildman–Crippen LogP) is 4.35. The van der Waals surface area contributed by atoms with Crippen LogP contribution in [0.1, 0.15) is 20.8 Å². The Balaban J connectivity index is 2.46. The molecule has 0 aliphatic carbocycles. The van der Waals surface area contributed by atoms with Crippen LogP contribution in [0.5, 0.6) is 5.75 Å². The second-order valence-corrected chi connectivity index (χ2v) is 7.00. The Hall–Kier alpha value is -1.55. The molecule has 0 aromatic heterocycles. The lowest BCUT2D eigenvalue weighted by Crippen LogP contribution is -2.31. The van der Waals surface area contributed by atoms with Gasteiger partial charge in [-0.3, -0.25) is 4.79 Å². The van der Waals surface area contributed by atoms with E-state index in [0.717, 1.165) is 22.2 Å². The third kappa shape index (κ3) is 3.12. The van der Waals surface area contributed by atoms with Crippen LogP contribution in [-0.4, -0.2) is 16.8 Å². The summed E-state index contributed by atoms with van der Waals surface area (Å²) in [4.78, 5) is 12.1. The Morgan fingerprint density at radius 1 is 1.20 bits per heavy atom. The molecule has 1 N–H and O–H groups in total. The van der Waals surface area contributed by atoms with E-state index in [-0.39, 0.29) is 5.91 Å². The van der Waals surface area contributed by atoms with Crippen molar-refractivity contribution in [2.24, 2.45) is 0 Å². The number of carbonyl (C=O) groups excluding carboxylic acids is 1. The summed E-state index contributed by atoms with van der Waals surface area (Å²) >= 11 is 3.37.